The van der Waals surface area contributed by atoms with Crippen LogP contribution in [0.4, 0.5) is 16.6 Å². The summed E-state index contributed by atoms with van der Waals surface area (Å²) in [6, 6.07) is 0.247. The van der Waals surface area contributed by atoms with Crippen LogP contribution in [0.1, 0.15) is 20.3 Å². The van der Waals surface area contributed by atoms with E-state index in [-0.39, 0.29) is 12.0 Å². The highest BCUT2D eigenvalue weighted by Gasteiger charge is 2.12. The van der Waals surface area contributed by atoms with E-state index in [1.165, 1.54) is 4.40 Å². The van der Waals surface area contributed by atoms with E-state index in [1.807, 2.05) is 6.92 Å². The van der Waals surface area contributed by atoms with Crippen LogP contribution in [-0.2, 0) is 0 Å². The molecule has 0 fully saturated rings. The molecule has 2 aromatic heterocycles. The number of anilines is 2. The number of aromatic nitrogens is 4. The lowest BCUT2D eigenvalue weighted by Crippen LogP contribution is -2.15. The molecular formula is C10H14N6O2. The van der Waals surface area contributed by atoms with Crippen molar-refractivity contribution in [1.29, 1.82) is 0 Å². The number of nitrogens with zero attached hydrogens (tertiary/aromatic N) is 4. The summed E-state index contributed by atoms with van der Waals surface area (Å²) in [6.45, 7) is 4.08. The van der Waals surface area contributed by atoms with Crippen LogP contribution in [0.3, 0.4) is 0 Å². The van der Waals surface area contributed by atoms with Gasteiger partial charge in [-0.1, -0.05) is 6.92 Å². The van der Waals surface area contributed by atoms with E-state index < -0.39 is 6.09 Å². The van der Waals surface area contributed by atoms with Gasteiger partial charge in [0.1, 0.15) is 0 Å². The first kappa shape index (κ1) is 12.1. The molecule has 2 rings (SSSR count). The van der Waals surface area contributed by atoms with Crippen LogP contribution in [0, 0.1) is 0 Å². The van der Waals surface area contributed by atoms with Crippen LogP contribution in [0.2, 0.25) is 0 Å². The van der Waals surface area contributed by atoms with Gasteiger partial charge in [0.2, 0.25) is 11.6 Å². The van der Waals surface area contributed by atoms with Crippen LogP contribution < -0.4 is 10.6 Å². The molecule has 0 radical (unpaired) electrons. The van der Waals surface area contributed by atoms with Crippen molar-refractivity contribution in [1.82, 2.24) is 19.6 Å². The molecule has 0 bridgehead atoms. The fourth-order valence-corrected chi connectivity index (χ4v) is 1.44. The average molecular weight is 250 g/mol. The molecule has 0 saturated heterocycles. The van der Waals surface area contributed by atoms with Gasteiger partial charge in [-0.15, -0.1) is 10.2 Å². The Labute approximate surface area is 103 Å². The maximum Gasteiger partial charge on any atom is 0.411 e. The van der Waals surface area contributed by atoms with Crippen LogP contribution in [-0.4, -0.2) is 36.8 Å². The Bertz CT molecular complexity index is 566. The predicted octanol–water partition coefficient (Wildman–Crippen LogP) is 1.42. The van der Waals surface area contributed by atoms with Crippen molar-refractivity contribution in [2.75, 3.05) is 10.6 Å². The van der Waals surface area contributed by atoms with Crippen molar-refractivity contribution in [3.8, 4) is 0 Å². The Morgan fingerprint density at radius 3 is 3.00 bits per heavy atom. The SMILES string of the molecule is CCC(C)Nc1nccn2c(NC(=O)O)nnc12. The lowest BCUT2D eigenvalue weighted by atomic mass is 10.2. The zero-order valence-corrected chi connectivity index (χ0v) is 10.1. The highest BCUT2D eigenvalue weighted by atomic mass is 16.4. The van der Waals surface area contributed by atoms with Gasteiger partial charge in [-0.05, 0) is 13.3 Å². The summed E-state index contributed by atoms with van der Waals surface area (Å²) in [6.07, 6.45) is 2.92. The van der Waals surface area contributed by atoms with Crippen molar-refractivity contribution in [2.45, 2.75) is 26.3 Å². The van der Waals surface area contributed by atoms with E-state index in [9.17, 15) is 4.79 Å². The van der Waals surface area contributed by atoms with Crippen LogP contribution >= 0.6 is 0 Å². The minimum Gasteiger partial charge on any atom is -0.465 e. The van der Waals surface area contributed by atoms with Crippen LogP contribution in [0.5, 0.6) is 0 Å². The van der Waals surface area contributed by atoms with E-state index in [1.54, 1.807) is 12.4 Å². The number of nitrogens with one attached hydrogen (secondary N) is 2. The molecule has 8 heteroatoms. The van der Waals surface area contributed by atoms with Gasteiger partial charge in [0.25, 0.3) is 0 Å². The van der Waals surface area contributed by atoms with E-state index in [2.05, 4.69) is 32.7 Å². The quantitative estimate of drug-likeness (QED) is 0.758. The van der Waals surface area contributed by atoms with E-state index >= 15 is 0 Å². The first-order valence-corrected chi connectivity index (χ1v) is 5.58. The summed E-state index contributed by atoms with van der Waals surface area (Å²) in [7, 11) is 0. The highest BCUT2D eigenvalue weighted by molar-refractivity contribution is 5.81. The molecule has 18 heavy (non-hydrogen) atoms. The summed E-state index contributed by atoms with van der Waals surface area (Å²) in [5.41, 5.74) is 0.488. The molecule has 3 N–H and O–H groups in total. The Kier molecular flexibility index (Phi) is 3.26. The smallest absolute Gasteiger partial charge is 0.411 e. The van der Waals surface area contributed by atoms with Crippen molar-refractivity contribution in [3.63, 3.8) is 0 Å². The molecule has 1 atom stereocenters. The van der Waals surface area contributed by atoms with Crippen molar-refractivity contribution in [2.24, 2.45) is 0 Å². The van der Waals surface area contributed by atoms with E-state index in [4.69, 9.17) is 5.11 Å². The third-order valence-electron chi connectivity index (χ3n) is 2.54. The number of fused-ring (bicyclic) bond motifs is 1. The Hall–Kier alpha value is -2.38. The Balaban J connectivity index is 2.38. The van der Waals surface area contributed by atoms with Crippen LogP contribution in [0.25, 0.3) is 5.65 Å². The molecule has 0 spiro atoms. The van der Waals surface area contributed by atoms with Crippen LogP contribution in [0.15, 0.2) is 12.4 Å². The summed E-state index contributed by atoms with van der Waals surface area (Å²) in [4.78, 5) is 14.8. The minimum atomic E-state index is -1.18. The van der Waals surface area contributed by atoms with Gasteiger partial charge < -0.3 is 10.4 Å². The maximum atomic E-state index is 10.6. The maximum absolute atomic E-state index is 10.6. The second kappa shape index (κ2) is 4.86. The summed E-state index contributed by atoms with van der Waals surface area (Å²) < 4.78 is 1.53. The van der Waals surface area contributed by atoms with Crippen molar-refractivity contribution in [3.05, 3.63) is 12.4 Å². The van der Waals surface area contributed by atoms with Crippen molar-refractivity contribution < 1.29 is 9.90 Å². The highest BCUT2D eigenvalue weighted by Crippen LogP contribution is 2.16. The average Bonchev–Trinajstić information content (AvgIpc) is 2.73. The zero-order valence-electron chi connectivity index (χ0n) is 10.1. The van der Waals surface area contributed by atoms with Gasteiger partial charge in [-0.25, -0.2) is 9.78 Å². The number of rotatable bonds is 4. The topological polar surface area (TPSA) is 104 Å². The normalized spacial score (nSPS) is 12.3. The lowest BCUT2D eigenvalue weighted by molar-refractivity contribution is 0.209. The molecule has 1 amide bonds. The third kappa shape index (κ3) is 2.31. The molecule has 1 unspecified atom stereocenters. The molecule has 0 aliphatic rings. The molecule has 96 valence electrons. The summed E-state index contributed by atoms with van der Waals surface area (Å²) in [5, 5.41) is 21.7. The van der Waals surface area contributed by atoms with Gasteiger partial charge >= 0.3 is 6.09 Å². The third-order valence-corrected chi connectivity index (χ3v) is 2.54. The van der Waals surface area contributed by atoms with Gasteiger partial charge in [0, 0.05) is 18.4 Å². The van der Waals surface area contributed by atoms with Crippen molar-refractivity contribution >= 4 is 23.5 Å². The Morgan fingerprint density at radius 1 is 1.56 bits per heavy atom. The van der Waals surface area contributed by atoms with Gasteiger partial charge in [-0.3, -0.25) is 9.72 Å². The molecule has 2 aromatic rings. The second-order valence-electron chi connectivity index (χ2n) is 3.88. The molecule has 8 nitrogen and oxygen atoms in total. The minimum absolute atomic E-state index is 0.145. The second-order valence-corrected chi connectivity index (χ2v) is 3.88. The largest absolute Gasteiger partial charge is 0.465 e. The number of hydrogen-bond acceptors (Lipinski definition) is 5. The molecule has 2 heterocycles. The van der Waals surface area contributed by atoms with Gasteiger partial charge in [0.15, 0.2) is 5.82 Å². The van der Waals surface area contributed by atoms with E-state index in [0.29, 0.717) is 11.5 Å². The van der Waals surface area contributed by atoms with Gasteiger partial charge in [0.05, 0.1) is 0 Å². The van der Waals surface area contributed by atoms with E-state index in [0.717, 1.165) is 6.42 Å². The zero-order chi connectivity index (χ0) is 13.1. The standard InChI is InChI=1S/C10H14N6O2/c1-3-6(2)12-7-8-14-15-9(13-10(17)18)16(8)5-4-11-7/h4-6H,3H2,1-2H3,(H,11,12)(H,13,15)(H,17,18). The number of carbonyl (C=O) groups is 1. The number of carboxylic acid groups (broad SMARTS) is 1. The first-order chi connectivity index (χ1) is 8.61. The number of amides is 1. The lowest BCUT2D eigenvalue weighted by Gasteiger charge is -2.12. The molecule has 0 aliphatic heterocycles. The predicted molar refractivity (Wildman–Crippen MR) is 65.8 cm³/mol. The monoisotopic (exact) mass is 250 g/mol. The molecule has 0 saturated carbocycles. The summed E-state index contributed by atoms with van der Waals surface area (Å²) in [5.74, 6) is 0.727. The van der Waals surface area contributed by atoms with Gasteiger partial charge in [-0.2, -0.15) is 0 Å². The molecular weight excluding hydrogens is 236 g/mol. The fourth-order valence-electron chi connectivity index (χ4n) is 1.44. The Morgan fingerprint density at radius 2 is 2.33 bits per heavy atom. The molecule has 0 aromatic carbocycles. The number of hydrogen-bond donors (Lipinski definition) is 3. The fraction of sp³-hybridized carbons (Fsp3) is 0.400. The summed E-state index contributed by atoms with van der Waals surface area (Å²) >= 11 is 0. The molecule has 0 aliphatic carbocycles. The first-order valence-electron chi connectivity index (χ1n) is 5.58.